The summed E-state index contributed by atoms with van der Waals surface area (Å²) < 4.78 is 35.9. The maximum atomic E-state index is 12.0. The van der Waals surface area contributed by atoms with E-state index in [9.17, 15) is 18.0 Å². The molecular weight excluding hydrogens is 195 g/mol. The van der Waals surface area contributed by atoms with Crippen LogP contribution in [0.3, 0.4) is 0 Å². The van der Waals surface area contributed by atoms with Crippen molar-refractivity contribution in [1.29, 1.82) is 0 Å². The molecule has 1 rings (SSSR count). The van der Waals surface area contributed by atoms with Gasteiger partial charge in [0.15, 0.2) is 0 Å². The van der Waals surface area contributed by atoms with E-state index in [0.29, 0.717) is 13.1 Å². The zero-order valence-corrected chi connectivity index (χ0v) is 8.10. The largest absolute Gasteiger partial charge is 0.389 e. The summed E-state index contributed by atoms with van der Waals surface area (Å²) in [5.41, 5.74) is 0. The Morgan fingerprint density at radius 3 is 2.29 bits per heavy atom. The average Bonchev–Trinajstić information content (AvgIpc) is 2.51. The van der Waals surface area contributed by atoms with Gasteiger partial charge in [0, 0.05) is 19.0 Å². The van der Waals surface area contributed by atoms with Gasteiger partial charge in [0.1, 0.15) is 0 Å². The minimum absolute atomic E-state index is 0.361. The van der Waals surface area contributed by atoms with Crippen LogP contribution in [-0.2, 0) is 4.79 Å². The number of halogens is 3. The monoisotopic (exact) mass is 209 g/mol. The molecule has 0 aromatic heterocycles. The van der Waals surface area contributed by atoms with E-state index in [1.807, 2.05) is 0 Å². The van der Waals surface area contributed by atoms with Crippen molar-refractivity contribution in [1.82, 2.24) is 4.90 Å². The summed E-state index contributed by atoms with van der Waals surface area (Å²) in [6, 6.07) is 0. The number of alkyl halides is 3. The highest BCUT2D eigenvalue weighted by molar-refractivity contribution is 5.78. The number of hydrogen-bond acceptors (Lipinski definition) is 1. The molecule has 14 heavy (non-hydrogen) atoms. The molecule has 1 aliphatic heterocycles. The molecule has 0 spiro atoms. The highest BCUT2D eigenvalue weighted by Crippen LogP contribution is 2.26. The summed E-state index contributed by atoms with van der Waals surface area (Å²) in [4.78, 5) is 13.0. The molecule has 1 amide bonds. The van der Waals surface area contributed by atoms with E-state index in [2.05, 4.69) is 0 Å². The molecule has 1 heterocycles. The van der Waals surface area contributed by atoms with E-state index in [4.69, 9.17) is 0 Å². The van der Waals surface area contributed by atoms with Gasteiger partial charge in [-0.3, -0.25) is 4.79 Å². The molecule has 0 saturated carbocycles. The van der Waals surface area contributed by atoms with E-state index >= 15 is 0 Å². The summed E-state index contributed by atoms with van der Waals surface area (Å²) >= 11 is 0. The van der Waals surface area contributed by atoms with E-state index in [-0.39, 0.29) is 5.91 Å². The Hall–Kier alpha value is -0.740. The van der Waals surface area contributed by atoms with Crippen LogP contribution in [0.4, 0.5) is 13.2 Å². The average molecular weight is 209 g/mol. The molecule has 1 saturated heterocycles. The van der Waals surface area contributed by atoms with Crippen LogP contribution in [0.5, 0.6) is 0 Å². The minimum Gasteiger partial charge on any atom is -0.342 e. The number of carbonyl (C=O) groups excluding carboxylic acids is 1. The summed E-state index contributed by atoms with van der Waals surface area (Å²) in [5.74, 6) is -1.30. The highest BCUT2D eigenvalue weighted by Gasteiger charge is 2.34. The standard InChI is InChI=1S/C9H14F3NO/c1-7(6-9(10,11)12)8(14)13-4-2-3-5-13/h7H,2-6H2,1H3. The number of carbonyl (C=O) groups is 1. The molecule has 0 radical (unpaired) electrons. The molecule has 82 valence electrons. The van der Waals surface area contributed by atoms with E-state index < -0.39 is 18.5 Å². The third kappa shape index (κ3) is 3.20. The Morgan fingerprint density at radius 2 is 1.86 bits per heavy atom. The van der Waals surface area contributed by atoms with Gasteiger partial charge >= 0.3 is 6.18 Å². The molecule has 1 atom stereocenters. The van der Waals surface area contributed by atoms with Crippen LogP contribution < -0.4 is 0 Å². The highest BCUT2D eigenvalue weighted by atomic mass is 19.4. The molecule has 1 unspecified atom stereocenters. The molecule has 2 nitrogen and oxygen atoms in total. The predicted octanol–water partition coefficient (Wildman–Crippen LogP) is 2.20. The fourth-order valence-corrected chi connectivity index (χ4v) is 1.68. The van der Waals surface area contributed by atoms with Crippen molar-refractivity contribution in [3.05, 3.63) is 0 Å². The first kappa shape index (κ1) is 11.3. The van der Waals surface area contributed by atoms with E-state index in [1.165, 1.54) is 11.8 Å². The van der Waals surface area contributed by atoms with Crippen LogP contribution >= 0.6 is 0 Å². The topological polar surface area (TPSA) is 20.3 Å². The van der Waals surface area contributed by atoms with Crippen LogP contribution in [0.25, 0.3) is 0 Å². The maximum Gasteiger partial charge on any atom is 0.389 e. The number of nitrogens with zero attached hydrogens (tertiary/aromatic N) is 1. The van der Waals surface area contributed by atoms with Crippen molar-refractivity contribution in [2.24, 2.45) is 5.92 Å². The zero-order valence-electron chi connectivity index (χ0n) is 8.10. The lowest BCUT2D eigenvalue weighted by Crippen LogP contribution is -2.34. The van der Waals surface area contributed by atoms with Gasteiger partial charge in [0.05, 0.1) is 6.42 Å². The normalized spacial score (nSPS) is 19.9. The number of likely N-dealkylation sites (tertiary alicyclic amines) is 1. The fourth-order valence-electron chi connectivity index (χ4n) is 1.68. The molecule has 0 N–H and O–H groups in total. The van der Waals surface area contributed by atoms with Gasteiger partial charge in [0.25, 0.3) is 0 Å². The van der Waals surface area contributed by atoms with Gasteiger partial charge in [-0.05, 0) is 12.8 Å². The predicted molar refractivity (Wildman–Crippen MR) is 45.7 cm³/mol. The summed E-state index contributed by atoms with van der Waals surface area (Å²) in [6.45, 7) is 2.57. The van der Waals surface area contributed by atoms with E-state index in [1.54, 1.807) is 0 Å². The quantitative estimate of drug-likeness (QED) is 0.682. The number of amides is 1. The van der Waals surface area contributed by atoms with Crippen LogP contribution in [0.15, 0.2) is 0 Å². The molecule has 0 aromatic rings. The molecular formula is C9H14F3NO. The second-order valence-corrected chi connectivity index (χ2v) is 3.75. The Morgan fingerprint density at radius 1 is 1.36 bits per heavy atom. The Labute approximate surface area is 81.1 Å². The molecule has 0 aliphatic carbocycles. The van der Waals surface area contributed by atoms with Gasteiger partial charge in [-0.15, -0.1) is 0 Å². The van der Waals surface area contributed by atoms with Crippen LogP contribution in [0, 0.1) is 5.92 Å². The maximum absolute atomic E-state index is 12.0. The second-order valence-electron chi connectivity index (χ2n) is 3.75. The van der Waals surface area contributed by atoms with Crippen molar-refractivity contribution in [2.45, 2.75) is 32.4 Å². The molecule has 1 fully saturated rings. The van der Waals surface area contributed by atoms with Gasteiger partial charge < -0.3 is 4.90 Å². The van der Waals surface area contributed by atoms with Crippen molar-refractivity contribution in [2.75, 3.05) is 13.1 Å². The first-order valence-electron chi connectivity index (χ1n) is 4.75. The second kappa shape index (κ2) is 4.19. The van der Waals surface area contributed by atoms with E-state index in [0.717, 1.165) is 12.8 Å². The number of hydrogen-bond donors (Lipinski definition) is 0. The molecule has 5 heteroatoms. The van der Waals surface area contributed by atoms with Crippen molar-refractivity contribution < 1.29 is 18.0 Å². The van der Waals surface area contributed by atoms with Crippen molar-refractivity contribution in [3.63, 3.8) is 0 Å². The first-order valence-corrected chi connectivity index (χ1v) is 4.75. The van der Waals surface area contributed by atoms with Crippen LogP contribution in [0.2, 0.25) is 0 Å². The van der Waals surface area contributed by atoms with Crippen molar-refractivity contribution in [3.8, 4) is 0 Å². The van der Waals surface area contributed by atoms with Crippen LogP contribution in [0.1, 0.15) is 26.2 Å². The lowest BCUT2D eigenvalue weighted by Gasteiger charge is -2.20. The van der Waals surface area contributed by atoms with Gasteiger partial charge in [0.2, 0.25) is 5.91 Å². The lowest BCUT2D eigenvalue weighted by molar-refractivity contribution is -0.157. The first-order chi connectivity index (χ1) is 6.40. The summed E-state index contributed by atoms with van der Waals surface area (Å²) in [5, 5.41) is 0. The Bertz CT molecular complexity index is 209. The Kier molecular flexibility index (Phi) is 3.39. The van der Waals surface area contributed by atoms with Gasteiger partial charge in [-0.25, -0.2) is 0 Å². The van der Waals surface area contributed by atoms with Crippen LogP contribution in [-0.4, -0.2) is 30.1 Å². The lowest BCUT2D eigenvalue weighted by atomic mass is 10.1. The minimum atomic E-state index is -4.24. The van der Waals surface area contributed by atoms with Gasteiger partial charge in [-0.2, -0.15) is 13.2 Å². The molecule has 1 aliphatic rings. The summed E-state index contributed by atoms with van der Waals surface area (Å²) in [6.07, 6.45) is -3.44. The fraction of sp³-hybridized carbons (Fsp3) is 0.889. The van der Waals surface area contributed by atoms with Crippen molar-refractivity contribution >= 4 is 5.91 Å². The number of rotatable bonds is 2. The van der Waals surface area contributed by atoms with Gasteiger partial charge in [-0.1, -0.05) is 6.92 Å². The smallest absolute Gasteiger partial charge is 0.342 e. The Balaban J connectivity index is 2.43. The third-order valence-electron chi connectivity index (χ3n) is 2.38. The summed E-state index contributed by atoms with van der Waals surface area (Å²) in [7, 11) is 0. The SMILES string of the molecule is CC(CC(F)(F)F)C(=O)N1CCCC1. The third-order valence-corrected chi connectivity index (χ3v) is 2.38. The molecule has 0 bridgehead atoms. The zero-order chi connectivity index (χ0) is 10.8. The molecule has 0 aromatic carbocycles.